The molecular weight excluding hydrogens is 271 g/mol. The van der Waals surface area contributed by atoms with Crippen molar-refractivity contribution >= 4 is 22.6 Å². The van der Waals surface area contributed by atoms with Gasteiger partial charge >= 0.3 is 0 Å². The molecule has 1 aliphatic heterocycles. The highest BCUT2D eigenvalue weighted by atomic mass is 127. The summed E-state index contributed by atoms with van der Waals surface area (Å²) in [6.45, 7) is 0.249. The summed E-state index contributed by atoms with van der Waals surface area (Å²) in [7, 11) is 0. The van der Waals surface area contributed by atoms with E-state index < -0.39 is 0 Å². The minimum Gasteiger partial charge on any atom is -0.507 e. The third-order valence-corrected chi connectivity index (χ3v) is 2.54. The molecule has 0 atom stereocenters. The number of alkyl halides is 1. The highest BCUT2D eigenvalue weighted by Crippen LogP contribution is 2.38. The van der Waals surface area contributed by atoms with Crippen LogP contribution in [0.5, 0.6) is 17.2 Å². The summed E-state index contributed by atoms with van der Waals surface area (Å²) < 4.78 is 11.0. The smallest absolute Gasteiger partial charge is 0.231 e. The van der Waals surface area contributed by atoms with Crippen molar-refractivity contribution in [3.63, 3.8) is 0 Å². The summed E-state index contributed by atoms with van der Waals surface area (Å²) in [5.74, 6) is 1.62. The first-order valence-electron chi connectivity index (χ1n) is 3.48. The van der Waals surface area contributed by atoms with Gasteiger partial charge in [0.15, 0.2) is 11.5 Å². The lowest BCUT2D eigenvalue weighted by atomic mass is 10.2. The van der Waals surface area contributed by atoms with Crippen LogP contribution < -0.4 is 9.47 Å². The van der Waals surface area contributed by atoms with Crippen molar-refractivity contribution in [3.8, 4) is 17.2 Å². The van der Waals surface area contributed by atoms with Gasteiger partial charge in [-0.05, 0) is 6.07 Å². The van der Waals surface area contributed by atoms with E-state index in [1.54, 1.807) is 6.07 Å². The van der Waals surface area contributed by atoms with Gasteiger partial charge in [0, 0.05) is 16.1 Å². The zero-order valence-corrected chi connectivity index (χ0v) is 8.37. The van der Waals surface area contributed by atoms with Crippen LogP contribution in [0.4, 0.5) is 0 Å². The molecule has 12 heavy (non-hydrogen) atoms. The highest BCUT2D eigenvalue weighted by Gasteiger charge is 2.15. The predicted octanol–water partition coefficient (Wildman–Crippen LogP) is 2.06. The molecule has 64 valence electrons. The Bertz CT molecular complexity index is 311. The van der Waals surface area contributed by atoms with E-state index in [9.17, 15) is 5.11 Å². The topological polar surface area (TPSA) is 38.7 Å². The van der Waals surface area contributed by atoms with E-state index in [-0.39, 0.29) is 12.5 Å². The normalized spacial score (nSPS) is 13.4. The second kappa shape index (κ2) is 3.01. The number of halogens is 1. The first kappa shape index (κ1) is 7.97. The van der Waals surface area contributed by atoms with Gasteiger partial charge in [0.2, 0.25) is 6.79 Å². The summed E-state index contributed by atoms with van der Waals surface area (Å²) in [6, 6.07) is 3.40. The number of benzene rings is 1. The molecule has 0 saturated heterocycles. The van der Waals surface area contributed by atoms with Crippen molar-refractivity contribution in [2.75, 3.05) is 6.79 Å². The standard InChI is InChI=1S/C8H7IO3/c9-3-5-1-7-8(2-6(5)10)12-4-11-7/h1-2,10H,3-4H2. The number of fused-ring (bicyclic) bond motifs is 1. The number of hydrogen-bond donors (Lipinski definition) is 1. The Kier molecular flexibility index (Phi) is 2.00. The van der Waals surface area contributed by atoms with Gasteiger partial charge in [0.05, 0.1) is 0 Å². The molecule has 0 aliphatic carbocycles. The quantitative estimate of drug-likeness (QED) is 0.631. The first-order chi connectivity index (χ1) is 5.81. The van der Waals surface area contributed by atoms with Crippen LogP contribution in [0.1, 0.15) is 5.56 Å². The molecule has 0 unspecified atom stereocenters. The molecule has 0 spiro atoms. The summed E-state index contributed by atoms with van der Waals surface area (Å²) in [4.78, 5) is 0. The number of phenolic OH excluding ortho intramolecular Hbond substituents is 1. The van der Waals surface area contributed by atoms with Crippen LogP contribution in [0.15, 0.2) is 12.1 Å². The molecule has 2 rings (SSSR count). The lowest BCUT2D eigenvalue weighted by Crippen LogP contribution is -1.92. The van der Waals surface area contributed by atoms with Crippen LogP contribution in [0.25, 0.3) is 0 Å². The lowest BCUT2D eigenvalue weighted by Gasteiger charge is -2.01. The highest BCUT2D eigenvalue weighted by molar-refractivity contribution is 14.1. The van der Waals surface area contributed by atoms with E-state index in [1.807, 2.05) is 6.07 Å². The predicted molar refractivity (Wildman–Crippen MR) is 52.0 cm³/mol. The maximum absolute atomic E-state index is 9.43. The van der Waals surface area contributed by atoms with E-state index in [4.69, 9.17) is 9.47 Å². The number of hydrogen-bond acceptors (Lipinski definition) is 3. The fourth-order valence-corrected chi connectivity index (χ4v) is 1.69. The van der Waals surface area contributed by atoms with Crippen LogP contribution >= 0.6 is 22.6 Å². The van der Waals surface area contributed by atoms with Gasteiger partial charge in [0.1, 0.15) is 5.75 Å². The Morgan fingerprint density at radius 1 is 1.33 bits per heavy atom. The van der Waals surface area contributed by atoms with E-state index >= 15 is 0 Å². The molecule has 1 N–H and O–H groups in total. The average Bonchev–Trinajstić information content (AvgIpc) is 2.49. The summed E-state index contributed by atoms with van der Waals surface area (Å²) >= 11 is 2.19. The molecule has 0 radical (unpaired) electrons. The zero-order chi connectivity index (χ0) is 8.55. The summed E-state index contributed by atoms with van der Waals surface area (Å²) in [6.07, 6.45) is 0. The van der Waals surface area contributed by atoms with E-state index in [2.05, 4.69) is 22.6 Å². The largest absolute Gasteiger partial charge is 0.507 e. The van der Waals surface area contributed by atoms with Gasteiger partial charge in [-0.1, -0.05) is 22.6 Å². The fourth-order valence-electron chi connectivity index (χ4n) is 1.08. The Balaban J connectivity index is 2.49. The number of ether oxygens (including phenoxy) is 2. The van der Waals surface area contributed by atoms with Crippen molar-refractivity contribution in [1.29, 1.82) is 0 Å². The first-order valence-corrected chi connectivity index (χ1v) is 5.01. The van der Waals surface area contributed by atoms with Crippen molar-refractivity contribution in [2.24, 2.45) is 0 Å². The lowest BCUT2D eigenvalue weighted by molar-refractivity contribution is 0.174. The minimum atomic E-state index is 0.249. The molecule has 0 saturated carbocycles. The second-order valence-corrected chi connectivity index (χ2v) is 3.23. The molecule has 0 aromatic heterocycles. The van der Waals surface area contributed by atoms with Crippen molar-refractivity contribution < 1.29 is 14.6 Å². The van der Waals surface area contributed by atoms with Crippen molar-refractivity contribution in [1.82, 2.24) is 0 Å². The molecule has 0 fully saturated rings. The van der Waals surface area contributed by atoms with Gasteiger partial charge in [0.25, 0.3) is 0 Å². The molecule has 1 aromatic carbocycles. The average molecular weight is 278 g/mol. The fraction of sp³-hybridized carbons (Fsp3) is 0.250. The molecule has 1 aliphatic rings. The van der Waals surface area contributed by atoms with Gasteiger partial charge in [-0.15, -0.1) is 0 Å². The minimum absolute atomic E-state index is 0.249. The molecule has 3 nitrogen and oxygen atoms in total. The molecule has 1 heterocycles. The van der Waals surface area contributed by atoms with Crippen LogP contribution in [0, 0.1) is 0 Å². The van der Waals surface area contributed by atoms with Gasteiger partial charge in [-0.2, -0.15) is 0 Å². The number of rotatable bonds is 1. The molecule has 0 bridgehead atoms. The third kappa shape index (κ3) is 1.20. The van der Waals surface area contributed by atoms with E-state index in [0.717, 1.165) is 15.7 Å². The number of phenols is 1. The van der Waals surface area contributed by atoms with E-state index in [1.165, 1.54) is 0 Å². The second-order valence-electron chi connectivity index (χ2n) is 2.47. The third-order valence-electron chi connectivity index (χ3n) is 1.72. The maximum atomic E-state index is 9.43. The van der Waals surface area contributed by atoms with Gasteiger partial charge in [-0.3, -0.25) is 0 Å². The SMILES string of the molecule is Oc1cc2c(cc1CI)OCO2. The van der Waals surface area contributed by atoms with Crippen LogP contribution in [-0.2, 0) is 4.43 Å². The summed E-state index contributed by atoms with van der Waals surface area (Å²) in [5, 5.41) is 9.43. The summed E-state index contributed by atoms with van der Waals surface area (Å²) in [5.41, 5.74) is 0.875. The molecule has 4 heteroatoms. The molecular formula is C8H7IO3. The number of aromatic hydroxyl groups is 1. The van der Waals surface area contributed by atoms with Crippen LogP contribution in [0.2, 0.25) is 0 Å². The molecule has 0 amide bonds. The van der Waals surface area contributed by atoms with Crippen LogP contribution in [-0.4, -0.2) is 11.9 Å². The Morgan fingerprint density at radius 2 is 2.00 bits per heavy atom. The van der Waals surface area contributed by atoms with Gasteiger partial charge in [-0.25, -0.2) is 0 Å². The maximum Gasteiger partial charge on any atom is 0.231 e. The van der Waals surface area contributed by atoms with Crippen molar-refractivity contribution in [2.45, 2.75) is 4.43 Å². The Hall–Kier alpha value is -0.650. The Morgan fingerprint density at radius 3 is 2.67 bits per heavy atom. The van der Waals surface area contributed by atoms with Gasteiger partial charge < -0.3 is 14.6 Å². The van der Waals surface area contributed by atoms with Crippen LogP contribution in [0.3, 0.4) is 0 Å². The molecule has 1 aromatic rings. The van der Waals surface area contributed by atoms with E-state index in [0.29, 0.717) is 5.75 Å². The monoisotopic (exact) mass is 278 g/mol. The van der Waals surface area contributed by atoms with Crippen molar-refractivity contribution in [3.05, 3.63) is 17.7 Å². The zero-order valence-electron chi connectivity index (χ0n) is 6.21. The Labute approximate surface area is 83.4 Å².